The smallest absolute Gasteiger partial charge is 0.408 e. The standard InChI is InChI=1S/C14H10FN3O3/c15-9-3-1-2-4-10(9)17-13(19)16-8-5-6-11-12(7-8)21-14(20)18-11/h1-7H,(H,18,20)(H2,16,17,19). The van der Waals surface area contributed by atoms with Gasteiger partial charge in [-0.2, -0.15) is 0 Å². The Morgan fingerprint density at radius 2 is 1.95 bits per heavy atom. The first-order valence-electron chi connectivity index (χ1n) is 6.07. The lowest BCUT2D eigenvalue weighted by Gasteiger charge is -2.08. The fourth-order valence-corrected chi connectivity index (χ4v) is 1.87. The fraction of sp³-hybridized carbons (Fsp3) is 0. The van der Waals surface area contributed by atoms with Crippen molar-refractivity contribution < 1.29 is 13.6 Å². The van der Waals surface area contributed by atoms with Crippen LogP contribution in [0.4, 0.5) is 20.6 Å². The van der Waals surface area contributed by atoms with E-state index in [0.717, 1.165) is 0 Å². The number of rotatable bonds is 2. The Bertz CT molecular complexity index is 869. The van der Waals surface area contributed by atoms with Crippen LogP contribution in [0, 0.1) is 5.82 Å². The highest BCUT2D eigenvalue weighted by molar-refractivity contribution is 6.00. The number of H-pyrrole nitrogens is 1. The van der Waals surface area contributed by atoms with Gasteiger partial charge in [0.2, 0.25) is 0 Å². The normalized spacial score (nSPS) is 10.5. The molecule has 1 aromatic heterocycles. The molecule has 0 aliphatic carbocycles. The molecule has 0 saturated carbocycles. The molecule has 0 atom stereocenters. The van der Waals surface area contributed by atoms with Crippen molar-refractivity contribution in [2.75, 3.05) is 10.6 Å². The van der Waals surface area contributed by atoms with E-state index >= 15 is 0 Å². The number of carbonyl (C=O) groups is 1. The molecule has 3 N–H and O–H groups in total. The SMILES string of the molecule is O=C(Nc1ccc2[nH]c(=O)oc2c1)Nc1ccccc1F. The van der Waals surface area contributed by atoms with Gasteiger partial charge in [-0.3, -0.25) is 4.98 Å². The number of nitrogens with one attached hydrogen (secondary N) is 3. The Morgan fingerprint density at radius 3 is 2.76 bits per heavy atom. The summed E-state index contributed by atoms with van der Waals surface area (Å²) in [6, 6.07) is 9.91. The minimum absolute atomic E-state index is 0.0734. The molecule has 0 spiro atoms. The molecule has 0 unspecified atom stereocenters. The monoisotopic (exact) mass is 287 g/mol. The van der Waals surface area contributed by atoms with Crippen LogP contribution in [0.2, 0.25) is 0 Å². The average Bonchev–Trinajstić information content (AvgIpc) is 2.80. The minimum Gasteiger partial charge on any atom is -0.408 e. The van der Waals surface area contributed by atoms with Crippen molar-refractivity contribution in [2.45, 2.75) is 0 Å². The maximum Gasteiger partial charge on any atom is 0.417 e. The van der Waals surface area contributed by atoms with E-state index in [1.54, 1.807) is 18.2 Å². The molecule has 6 nitrogen and oxygen atoms in total. The van der Waals surface area contributed by atoms with Crippen LogP contribution in [0.1, 0.15) is 0 Å². The first-order valence-corrected chi connectivity index (χ1v) is 6.07. The van der Waals surface area contributed by atoms with E-state index in [4.69, 9.17) is 4.42 Å². The van der Waals surface area contributed by atoms with E-state index < -0.39 is 17.6 Å². The molecule has 2 amide bonds. The maximum atomic E-state index is 13.4. The molecule has 0 saturated heterocycles. The van der Waals surface area contributed by atoms with Crippen molar-refractivity contribution in [2.24, 2.45) is 0 Å². The lowest BCUT2D eigenvalue weighted by Crippen LogP contribution is -2.20. The van der Waals surface area contributed by atoms with Crippen LogP contribution >= 0.6 is 0 Å². The van der Waals surface area contributed by atoms with Crippen molar-refractivity contribution in [3.8, 4) is 0 Å². The van der Waals surface area contributed by atoms with Crippen LogP contribution in [-0.4, -0.2) is 11.0 Å². The zero-order valence-corrected chi connectivity index (χ0v) is 10.6. The average molecular weight is 287 g/mol. The summed E-state index contributed by atoms with van der Waals surface area (Å²) in [5.41, 5.74) is 1.34. The maximum absolute atomic E-state index is 13.4. The Balaban J connectivity index is 1.77. The number of para-hydroxylation sites is 1. The van der Waals surface area contributed by atoms with Gasteiger partial charge in [-0.1, -0.05) is 12.1 Å². The summed E-state index contributed by atoms with van der Waals surface area (Å²) in [5.74, 6) is -1.10. The van der Waals surface area contributed by atoms with E-state index in [-0.39, 0.29) is 5.69 Å². The van der Waals surface area contributed by atoms with Crippen LogP contribution < -0.4 is 16.4 Å². The van der Waals surface area contributed by atoms with Gasteiger partial charge in [0, 0.05) is 11.8 Å². The molecule has 0 bridgehead atoms. The molecule has 0 radical (unpaired) electrons. The third-order valence-corrected chi connectivity index (χ3v) is 2.80. The highest BCUT2D eigenvalue weighted by atomic mass is 19.1. The van der Waals surface area contributed by atoms with Crippen molar-refractivity contribution in [3.63, 3.8) is 0 Å². The summed E-state index contributed by atoms with van der Waals surface area (Å²) in [6.07, 6.45) is 0. The van der Waals surface area contributed by atoms with Gasteiger partial charge in [0.25, 0.3) is 0 Å². The number of oxazole rings is 1. The van der Waals surface area contributed by atoms with E-state index in [1.165, 1.54) is 24.3 Å². The van der Waals surface area contributed by atoms with E-state index in [0.29, 0.717) is 16.8 Å². The predicted octanol–water partition coefficient (Wildman–Crippen LogP) is 2.90. The summed E-state index contributed by atoms with van der Waals surface area (Å²) >= 11 is 0. The van der Waals surface area contributed by atoms with Gasteiger partial charge >= 0.3 is 11.8 Å². The molecular formula is C14H10FN3O3. The van der Waals surface area contributed by atoms with Gasteiger partial charge in [-0.25, -0.2) is 14.0 Å². The van der Waals surface area contributed by atoms with Gasteiger partial charge in [0.05, 0.1) is 11.2 Å². The Kier molecular flexibility index (Phi) is 3.15. The Hall–Kier alpha value is -3.09. The zero-order valence-electron chi connectivity index (χ0n) is 10.6. The second kappa shape index (κ2) is 5.12. The summed E-state index contributed by atoms with van der Waals surface area (Å²) in [5, 5.41) is 4.91. The number of aromatic amines is 1. The van der Waals surface area contributed by atoms with Crippen LogP contribution in [0.3, 0.4) is 0 Å². The number of halogens is 1. The number of fused-ring (bicyclic) bond motifs is 1. The zero-order chi connectivity index (χ0) is 14.8. The Labute approximate surface area is 117 Å². The van der Waals surface area contributed by atoms with Crippen LogP contribution in [0.25, 0.3) is 11.1 Å². The molecule has 21 heavy (non-hydrogen) atoms. The fourth-order valence-electron chi connectivity index (χ4n) is 1.87. The lowest BCUT2D eigenvalue weighted by atomic mass is 10.3. The number of amides is 2. The van der Waals surface area contributed by atoms with Crippen LogP contribution in [-0.2, 0) is 0 Å². The molecule has 3 rings (SSSR count). The van der Waals surface area contributed by atoms with E-state index in [1.807, 2.05) is 0 Å². The van der Waals surface area contributed by atoms with Gasteiger partial charge in [0.15, 0.2) is 5.58 Å². The number of anilines is 2. The van der Waals surface area contributed by atoms with Crippen molar-refractivity contribution in [3.05, 3.63) is 58.8 Å². The van der Waals surface area contributed by atoms with Crippen molar-refractivity contribution in [1.29, 1.82) is 0 Å². The predicted molar refractivity (Wildman–Crippen MR) is 75.9 cm³/mol. The van der Waals surface area contributed by atoms with Crippen molar-refractivity contribution in [1.82, 2.24) is 4.98 Å². The Morgan fingerprint density at radius 1 is 1.14 bits per heavy atom. The first kappa shape index (κ1) is 12.9. The second-order valence-electron chi connectivity index (χ2n) is 4.28. The highest BCUT2D eigenvalue weighted by Crippen LogP contribution is 2.17. The van der Waals surface area contributed by atoms with Crippen LogP contribution in [0.15, 0.2) is 51.7 Å². The summed E-state index contributed by atoms with van der Waals surface area (Å²) in [6.45, 7) is 0. The third kappa shape index (κ3) is 2.76. The van der Waals surface area contributed by atoms with Gasteiger partial charge < -0.3 is 15.1 Å². The molecule has 7 heteroatoms. The van der Waals surface area contributed by atoms with E-state index in [2.05, 4.69) is 15.6 Å². The summed E-state index contributed by atoms with van der Waals surface area (Å²) < 4.78 is 18.3. The topological polar surface area (TPSA) is 87.1 Å². The molecule has 1 heterocycles. The molecule has 3 aromatic rings. The molecule has 0 fully saturated rings. The summed E-state index contributed by atoms with van der Waals surface area (Å²) in [7, 11) is 0. The van der Waals surface area contributed by atoms with E-state index in [9.17, 15) is 14.0 Å². The minimum atomic E-state index is -0.600. The van der Waals surface area contributed by atoms with Crippen molar-refractivity contribution >= 4 is 28.5 Å². The molecular weight excluding hydrogens is 277 g/mol. The van der Waals surface area contributed by atoms with Gasteiger partial charge in [-0.05, 0) is 24.3 Å². The lowest BCUT2D eigenvalue weighted by molar-refractivity contribution is 0.262. The molecule has 0 aliphatic rings. The quantitative estimate of drug-likeness (QED) is 0.677. The number of carbonyl (C=O) groups excluding carboxylic acids is 1. The number of hydrogen-bond donors (Lipinski definition) is 3. The van der Waals surface area contributed by atoms with Gasteiger partial charge in [-0.15, -0.1) is 0 Å². The molecule has 0 aliphatic heterocycles. The number of hydrogen-bond acceptors (Lipinski definition) is 3. The van der Waals surface area contributed by atoms with Gasteiger partial charge in [0.1, 0.15) is 5.82 Å². The highest BCUT2D eigenvalue weighted by Gasteiger charge is 2.08. The molecule has 106 valence electrons. The third-order valence-electron chi connectivity index (χ3n) is 2.80. The number of urea groups is 1. The first-order chi connectivity index (χ1) is 10.1. The number of benzene rings is 2. The summed E-state index contributed by atoms with van der Waals surface area (Å²) in [4.78, 5) is 25.3. The van der Waals surface area contributed by atoms with Crippen LogP contribution in [0.5, 0.6) is 0 Å². The second-order valence-corrected chi connectivity index (χ2v) is 4.28. The molecule has 2 aromatic carbocycles. The largest absolute Gasteiger partial charge is 0.417 e. The number of aromatic nitrogens is 1.